The second kappa shape index (κ2) is 5.31. The van der Waals surface area contributed by atoms with Crippen LogP contribution in [0.1, 0.15) is 54.9 Å². The molecule has 0 aliphatic carbocycles. The van der Waals surface area contributed by atoms with Gasteiger partial charge in [0, 0.05) is 6.61 Å². The first-order valence-electron chi connectivity index (χ1n) is 6.04. The molecule has 0 aromatic carbocycles. The zero-order valence-electron chi connectivity index (χ0n) is 10.2. The van der Waals surface area contributed by atoms with Crippen LogP contribution in [0.3, 0.4) is 0 Å². The molecule has 2 rings (SSSR count). The predicted octanol–water partition coefficient (Wildman–Crippen LogP) is 2.27. The summed E-state index contributed by atoms with van der Waals surface area (Å²) < 4.78 is 15.9. The Morgan fingerprint density at radius 1 is 1.53 bits per heavy atom. The first-order chi connectivity index (χ1) is 8.26. The third kappa shape index (κ3) is 2.49. The van der Waals surface area contributed by atoms with Gasteiger partial charge in [-0.2, -0.15) is 0 Å². The minimum Gasteiger partial charge on any atom is -0.460 e. The van der Waals surface area contributed by atoms with Crippen LogP contribution < -0.4 is 0 Å². The van der Waals surface area contributed by atoms with Crippen molar-refractivity contribution in [1.29, 1.82) is 0 Å². The van der Waals surface area contributed by atoms with Crippen LogP contribution in [0.15, 0.2) is 4.42 Å². The maximum Gasteiger partial charge on any atom is 0.376 e. The average molecular weight is 239 g/mol. The Morgan fingerprint density at radius 3 is 2.94 bits per heavy atom. The molecule has 0 spiro atoms. The van der Waals surface area contributed by atoms with Gasteiger partial charge in [0.05, 0.1) is 12.3 Å². The zero-order valence-corrected chi connectivity index (χ0v) is 10.2. The van der Waals surface area contributed by atoms with Crippen LogP contribution in [0.2, 0.25) is 0 Å². The molecule has 0 N–H and O–H groups in total. The lowest BCUT2D eigenvalue weighted by Gasteiger charge is -2.02. The van der Waals surface area contributed by atoms with E-state index in [9.17, 15) is 4.79 Å². The van der Waals surface area contributed by atoms with E-state index in [-0.39, 0.29) is 11.9 Å². The maximum absolute atomic E-state index is 11.7. The van der Waals surface area contributed by atoms with E-state index in [1.54, 1.807) is 6.92 Å². The predicted molar refractivity (Wildman–Crippen MR) is 59.8 cm³/mol. The van der Waals surface area contributed by atoms with Crippen LogP contribution in [0, 0.1) is 0 Å². The van der Waals surface area contributed by atoms with Crippen LogP contribution in [-0.2, 0) is 15.9 Å². The fourth-order valence-electron chi connectivity index (χ4n) is 1.88. The molecule has 1 atom stereocenters. The summed E-state index contributed by atoms with van der Waals surface area (Å²) in [5, 5.41) is 0. The Labute approximate surface area is 100 Å². The fraction of sp³-hybridized carbons (Fsp3) is 0.667. The fourth-order valence-corrected chi connectivity index (χ4v) is 1.88. The van der Waals surface area contributed by atoms with Crippen molar-refractivity contribution < 1.29 is 18.7 Å². The molecule has 1 fully saturated rings. The normalized spacial score (nSPS) is 19.5. The van der Waals surface area contributed by atoms with Crippen molar-refractivity contribution in [3.05, 3.63) is 17.3 Å². The van der Waals surface area contributed by atoms with E-state index in [1.807, 2.05) is 6.92 Å². The van der Waals surface area contributed by atoms with E-state index in [1.165, 1.54) is 0 Å². The molecule has 0 amide bonds. The third-order valence-corrected chi connectivity index (χ3v) is 2.71. The molecule has 5 nitrogen and oxygen atoms in total. The smallest absolute Gasteiger partial charge is 0.376 e. The summed E-state index contributed by atoms with van der Waals surface area (Å²) in [6.45, 7) is 4.75. The first-order valence-corrected chi connectivity index (χ1v) is 6.04. The highest BCUT2D eigenvalue weighted by Gasteiger charge is 2.27. The quantitative estimate of drug-likeness (QED) is 0.754. The van der Waals surface area contributed by atoms with Crippen LogP contribution in [-0.4, -0.2) is 24.2 Å². The second-order valence-corrected chi connectivity index (χ2v) is 3.90. The van der Waals surface area contributed by atoms with Gasteiger partial charge in [0.15, 0.2) is 0 Å². The molecule has 17 heavy (non-hydrogen) atoms. The van der Waals surface area contributed by atoms with Crippen molar-refractivity contribution in [3.8, 4) is 0 Å². The number of ether oxygens (including phenoxy) is 2. The Balaban J connectivity index is 2.22. The van der Waals surface area contributed by atoms with Crippen molar-refractivity contribution in [2.45, 2.75) is 39.2 Å². The summed E-state index contributed by atoms with van der Waals surface area (Å²) in [6.07, 6.45) is 2.43. The Morgan fingerprint density at radius 2 is 2.35 bits per heavy atom. The number of aromatic nitrogens is 1. The van der Waals surface area contributed by atoms with Gasteiger partial charge in [-0.25, -0.2) is 9.78 Å². The van der Waals surface area contributed by atoms with E-state index in [0.717, 1.165) is 19.4 Å². The van der Waals surface area contributed by atoms with Crippen molar-refractivity contribution in [3.63, 3.8) is 0 Å². The molecule has 1 saturated heterocycles. The molecule has 94 valence electrons. The number of carbonyl (C=O) groups excluding carboxylic acids is 1. The van der Waals surface area contributed by atoms with E-state index < -0.39 is 5.97 Å². The summed E-state index contributed by atoms with van der Waals surface area (Å²) in [7, 11) is 0. The molecule has 0 bridgehead atoms. The zero-order chi connectivity index (χ0) is 12.3. The largest absolute Gasteiger partial charge is 0.460 e. The Bertz CT molecular complexity index is 393. The number of hydrogen-bond acceptors (Lipinski definition) is 5. The van der Waals surface area contributed by atoms with E-state index >= 15 is 0 Å². The molecule has 1 aromatic heterocycles. The van der Waals surface area contributed by atoms with E-state index in [0.29, 0.717) is 24.6 Å². The van der Waals surface area contributed by atoms with Crippen molar-refractivity contribution in [2.24, 2.45) is 0 Å². The molecule has 1 aliphatic rings. The van der Waals surface area contributed by atoms with E-state index in [4.69, 9.17) is 13.9 Å². The summed E-state index contributed by atoms with van der Waals surface area (Å²) in [6, 6.07) is 0. The molecule has 0 saturated carbocycles. The number of esters is 1. The number of carbonyl (C=O) groups is 1. The van der Waals surface area contributed by atoms with Crippen molar-refractivity contribution in [1.82, 2.24) is 4.98 Å². The summed E-state index contributed by atoms with van der Waals surface area (Å²) in [5.41, 5.74) is 0.647. The van der Waals surface area contributed by atoms with Gasteiger partial charge in [-0.1, -0.05) is 6.92 Å². The molecule has 2 heterocycles. The number of hydrogen-bond donors (Lipinski definition) is 0. The van der Waals surface area contributed by atoms with Gasteiger partial charge >= 0.3 is 5.97 Å². The standard InChI is InChI=1S/C12H17NO4/c1-3-8-10(12(14)15-4-2)17-11(13-8)9-6-5-7-16-9/h9H,3-7H2,1-2H3. The number of aryl methyl sites for hydroxylation is 1. The van der Waals surface area contributed by atoms with Gasteiger partial charge in [0.25, 0.3) is 0 Å². The van der Waals surface area contributed by atoms with Gasteiger partial charge in [-0.3, -0.25) is 0 Å². The van der Waals surface area contributed by atoms with Crippen LogP contribution in [0.4, 0.5) is 0 Å². The highest BCUT2D eigenvalue weighted by Crippen LogP contribution is 2.29. The number of rotatable bonds is 4. The number of oxazole rings is 1. The lowest BCUT2D eigenvalue weighted by molar-refractivity contribution is 0.0470. The lowest BCUT2D eigenvalue weighted by atomic mass is 10.2. The van der Waals surface area contributed by atoms with E-state index in [2.05, 4.69) is 4.98 Å². The second-order valence-electron chi connectivity index (χ2n) is 3.90. The van der Waals surface area contributed by atoms with Crippen LogP contribution >= 0.6 is 0 Å². The maximum atomic E-state index is 11.7. The molecule has 1 unspecified atom stereocenters. The van der Waals surface area contributed by atoms with Crippen LogP contribution in [0.5, 0.6) is 0 Å². The first kappa shape index (κ1) is 12.1. The van der Waals surface area contributed by atoms with Crippen molar-refractivity contribution in [2.75, 3.05) is 13.2 Å². The summed E-state index contributed by atoms with van der Waals surface area (Å²) in [5.74, 6) is 0.281. The summed E-state index contributed by atoms with van der Waals surface area (Å²) in [4.78, 5) is 16.0. The number of nitrogens with zero attached hydrogens (tertiary/aromatic N) is 1. The summed E-state index contributed by atoms with van der Waals surface area (Å²) >= 11 is 0. The molecule has 5 heteroatoms. The minimum absolute atomic E-state index is 0.108. The Hall–Kier alpha value is -1.36. The lowest BCUT2D eigenvalue weighted by Crippen LogP contribution is -2.05. The highest BCUT2D eigenvalue weighted by atomic mass is 16.5. The SMILES string of the molecule is CCOC(=O)c1oc(C2CCCO2)nc1CC. The average Bonchev–Trinajstić information content (AvgIpc) is 2.97. The molecule has 1 aromatic rings. The van der Waals surface area contributed by atoms with Gasteiger partial charge in [0.2, 0.25) is 11.7 Å². The molecular weight excluding hydrogens is 222 g/mol. The monoisotopic (exact) mass is 239 g/mol. The van der Waals surface area contributed by atoms with Gasteiger partial charge in [-0.05, 0) is 26.2 Å². The molecular formula is C12H17NO4. The third-order valence-electron chi connectivity index (χ3n) is 2.71. The molecule has 1 aliphatic heterocycles. The van der Waals surface area contributed by atoms with Gasteiger partial charge in [0.1, 0.15) is 6.10 Å². The highest BCUT2D eigenvalue weighted by molar-refractivity contribution is 5.87. The van der Waals surface area contributed by atoms with Crippen LogP contribution in [0.25, 0.3) is 0 Å². The minimum atomic E-state index is -0.443. The Kier molecular flexibility index (Phi) is 3.78. The van der Waals surface area contributed by atoms with Crippen molar-refractivity contribution >= 4 is 5.97 Å². The molecule has 0 radical (unpaired) electrons. The van der Waals surface area contributed by atoms with Gasteiger partial charge in [-0.15, -0.1) is 0 Å². The van der Waals surface area contributed by atoms with Gasteiger partial charge < -0.3 is 13.9 Å². The topological polar surface area (TPSA) is 61.6 Å².